The molecule has 0 unspecified atom stereocenters. The van der Waals surface area contributed by atoms with E-state index in [-0.39, 0.29) is 17.8 Å². The van der Waals surface area contributed by atoms with Crippen molar-refractivity contribution < 1.29 is 14.3 Å². The second-order valence-electron chi connectivity index (χ2n) is 6.49. The summed E-state index contributed by atoms with van der Waals surface area (Å²) >= 11 is 0. The van der Waals surface area contributed by atoms with Gasteiger partial charge in [-0.15, -0.1) is 0 Å². The maximum Gasteiger partial charge on any atom is 0.328 e. The summed E-state index contributed by atoms with van der Waals surface area (Å²) in [6, 6.07) is 1.15. The van der Waals surface area contributed by atoms with Crippen LogP contribution in [0.15, 0.2) is 12.3 Å². The van der Waals surface area contributed by atoms with Crippen LogP contribution in [0.3, 0.4) is 0 Å². The molecule has 0 radical (unpaired) electrons. The predicted octanol–water partition coefficient (Wildman–Crippen LogP) is 2.00. The lowest BCUT2D eigenvalue weighted by molar-refractivity contribution is -0.147. The number of esters is 1. The topological polar surface area (TPSA) is 73.2 Å². The van der Waals surface area contributed by atoms with Crippen LogP contribution in [0.25, 0.3) is 0 Å². The van der Waals surface area contributed by atoms with Crippen LogP contribution in [0.2, 0.25) is 0 Å². The highest BCUT2D eigenvalue weighted by atomic mass is 16.5. The van der Waals surface area contributed by atoms with Crippen molar-refractivity contribution in [2.45, 2.75) is 52.1 Å². The zero-order chi connectivity index (χ0) is 16.4. The molecule has 6 nitrogen and oxygen atoms in total. The molecular formula is C17H25N3O3. The number of carbonyl (C=O) groups is 2. The number of amides is 1. The standard InChI is InChI=1S/C17H25N3O3/c1-3-20-13(9-10-18-20)16(21)19-15(17(22)23-4-2)14(11-5-6-11)12-7-8-12/h9-12,14-15H,3-8H2,1-2H3,(H,19,21)/t15-/m0/s1. The highest BCUT2D eigenvalue weighted by molar-refractivity contribution is 5.95. The van der Waals surface area contributed by atoms with E-state index in [0.29, 0.717) is 30.7 Å². The van der Waals surface area contributed by atoms with Gasteiger partial charge in [0.25, 0.3) is 5.91 Å². The molecule has 3 rings (SSSR count). The highest BCUT2D eigenvalue weighted by Gasteiger charge is 2.49. The summed E-state index contributed by atoms with van der Waals surface area (Å²) in [5.74, 6) is 0.776. The molecule has 1 atom stereocenters. The lowest BCUT2D eigenvalue weighted by atomic mass is 9.89. The van der Waals surface area contributed by atoms with Crippen LogP contribution >= 0.6 is 0 Å². The zero-order valence-corrected chi connectivity index (χ0v) is 13.8. The average molecular weight is 319 g/mol. The minimum absolute atomic E-state index is 0.219. The van der Waals surface area contributed by atoms with E-state index in [1.807, 2.05) is 6.92 Å². The molecule has 23 heavy (non-hydrogen) atoms. The Morgan fingerprint density at radius 1 is 1.30 bits per heavy atom. The number of nitrogens with zero attached hydrogens (tertiary/aromatic N) is 2. The third-order valence-electron chi connectivity index (χ3n) is 4.79. The van der Waals surface area contributed by atoms with Crippen molar-refractivity contribution in [2.75, 3.05) is 6.61 Å². The van der Waals surface area contributed by atoms with Crippen molar-refractivity contribution in [2.24, 2.45) is 17.8 Å². The van der Waals surface area contributed by atoms with Gasteiger partial charge in [-0.2, -0.15) is 5.10 Å². The first-order valence-electron chi connectivity index (χ1n) is 8.65. The molecule has 1 aromatic rings. The molecule has 1 amide bonds. The number of rotatable bonds is 8. The van der Waals surface area contributed by atoms with E-state index in [9.17, 15) is 9.59 Å². The molecule has 0 saturated heterocycles. The monoisotopic (exact) mass is 319 g/mol. The Bertz CT molecular complexity index is 563. The molecule has 2 saturated carbocycles. The van der Waals surface area contributed by atoms with Gasteiger partial charge in [0, 0.05) is 12.7 Å². The normalized spacial score (nSPS) is 18.7. The third-order valence-corrected chi connectivity index (χ3v) is 4.79. The summed E-state index contributed by atoms with van der Waals surface area (Å²) in [6.07, 6.45) is 6.22. The molecule has 2 aliphatic rings. The number of hydrogen-bond donors (Lipinski definition) is 1. The summed E-state index contributed by atoms with van der Waals surface area (Å²) in [5, 5.41) is 7.07. The average Bonchev–Trinajstić information content (AvgIpc) is 3.47. The van der Waals surface area contributed by atoms with Crippen LogP contribution in [0.4, 0.5) is 0 Å². The Morgan fingerprint density at radius 2 is 1.96 bits per heavy atom. The number of aromatic nitrogens is 2. The first-order chi connectivity index (χ1) is 11.2. The largest absolute Gasteiger partial charge is 0.464 e. The van der Waals surface area contributed by atoms with E-state index >= 15 is 0 Å². The second kappa shape index (κ2) is 6.72. The Labute approximate surface area is 136 Å². The van der Waals surface area contributed by atoms with Gasteiger partial charge in [0.15, 0.2) is 0 Å². The third kappa shape index (κ3) is 3.57. The van der Waals surface area contributed by atoms with Crippen molar-refractivity contribution in [3.8, 4) is 0 Å². The number of ether oxygens (including phenoxy) is 1. The van der Waals surface area contributed by atoms with Gasteiger partial charge in [0.1, 0.15) is 11.7 Å². The quantitative estimate of drug-likeness (QED) is 0.744. The fraction of sp³-hybridized carbons (Fsp3) is 0.706. The SMILES string of the molecule is CCOC(=O)[C@@H](NC(=O)c1ccnn1CC)C(C1CC1)C1CC1. The maximum absolute atomic E-state index is 12.6. The van der Waals surface area contributed by atoms with Crippen molar-refractivity contribution in [3.63, 3.8) is 0 Å². The Kier molecular flexibility index (Phi) is 4.68. The fourth-order valence-electron chi connectivity index (χ4n) is 3.43. The van der Waals surface area contributed by atoms with Crippen LogP contribution in [0.5, 0.6) is 0 Å². The maximum atomic E-state index is 12.6. The number of nitrogens with one attached hydrogen (secondary N) is 1. The molecule has 2 aliphatic carbocycles. The number of hydrogen-bond acceptors (Lipinski definition) is 4. The first kappa shape index (κ1) is 16.0. The van der Waals surface area contributed by atoms with Gasteiger partial charge >= 0.3 is 5.97 Å². The zero-order valence-electron chi connectivity index (χ0n) is 13.8. The van der Waals surface area contributed by atoms with Gasteiger partial charge in [0.05, 0.1) is 6.61 Å². The van der Waals surface area contributed by atoms with E-state index in [2.05, 4.69) is 10.4 Å². The molecule has 1 N–H and O–H groups in total. The van der Waals surface area contributed by atoms with Crippen LogP contribution in [0.1, 0.15) is 50.0 Å². The Morgan fingerprint density at radius 3 is 2.48 bits per heavy atom. The molecule has 2 fully saturated rings. The van der Waals surface area contributed by atoms with Crippen LogP contribution in [-0.2, 0) is 16.1 Å². The number of aryl methyl sites for hydroxylation is 1. The molecule has 1 aromatic heterocycles. The summed E-state index contributed by atoms with van der Waals surface area (Å²) in [4.78, 5) is 25.1. The summed E-state index contributed by atoms with van der Waals surface area (Å²) < 4.78 is 6.88. The van der Waals surface area contributed by atoms with E-state index < -0.39 is 6.04 Å². The fourth-order valence-corrected chi connectivity index (χ4v) is 3.43. The summed E-state index contributed by atoms with van der Waals surface area (Å²) in [6.45, 7) is 4.69. The second-order valence-corrected chi connectivity index (χ2v) is 6.49. The van der Waals surface area contributed by atoms with Crippen LogP contribution in [-0.4, -0.2) is 34.3 Å². The smallest absolute Gasteiger partial charge is 0.328 e. The van der Waals surface area contributed by atoms with E-state index in [4.69, 9.17) is 4.74 Å². The van der Waals surface area contributed by atoms with Crippen molar-refractivity contribution in [1.29, 1.82) is 0 Å². The van der Waals surface area contributed by atoms with Gasteiger partial charge in [-0.05, 0) is 63.4 Å². The molecule has 1 heterocycles. The van der Waals surface area contributed by atoms with E-state index in [1.54, 1.807) is 23.9 Å². The Balaban J connectivity index is 1.77. The molecule has 0 bridgehead atoms. The minimum Gasteiger partial charge on any atom is -0.464 e. The lowest BCUT2D eigenvalue weighted by Crippen LogP contribution is -2.48. The summed E-state index contributed by atoms with van der Waals surface area (Å²) in [7, 11) is 0. The van der Waals surface area contributed by atoms with Gasteiger partial charge in [-0.25, -0.2) is 4.79 Å². The lowest BCUT2D eigenvalue weighted by Gasteiger charge is -2.26. The first-order valence-corrected chi connectivity index (χ1v) is 8.65. The molecule has 0 aliphatic heterocycles. The van der Waals surface area contributed by atoms with E-state index in [1.165, 1.54) is 0 Å². The minimum atomic E-state index is -0.539. The summed E-state index contributed by atoms with van der Waals surface area (Å²) in [5.41, 5.74) is 0.493. The Hall–Kier alpha value is -1.85. The van der Waals surface area contributed by atoms with Gasteiger partial charge in [0.2, 0.25) is 0 Å². The van der Waals surface area contributed by atoms with Gasteiger partial charge in [-0.3, -0.25) is 9.48 Å². The van der Waals surface area contributed by atoms with Crippen LogP contribution < -0.4 is 5.32 Å². The van der Waals surface area contributed by atoms with Crippen molar-refractivity contribution >= 4 is 11.9 Å². The predicted molar refractivity (Wildman–Crippen MR) is 84.7 cm³/mol. The van der Waals surface area contributed by atoms with Crippen LogP contribution in [0, 0.1) is 17.8 Å². The molecule has 0 aromatic carbocycles. The van der Waals surface area contributed by atoms with Gasteiger partial charge < -0.3 is 10.1 Å². The van der Waals surface area contributed by atoms with Crippen molar-refractivity contribution in [1.82, 2.24) is 15.1 Å². The van der Waals surface area contributed by atoms with E-state index in [0.717, 1.165) is 25.7 Å². The number of carbonyl (C=O) groups excluding carboxylic acids is 2. The molecule has 6 heteroatoms. The highest BCUT2D eigenvalue weighted by Crippen LogP contribution is 2.50. The molecule has 0 spiro atoms. The molecular weight excluding hydrogens is 294 g/mol. The van der Waals surface area contributed by atoms with Gasteiger partial charge in [-0.1, -0.05) is 0 Å². The van der Waals surface area contributed by atoms with Crippen molar-refractivity contribution in [3.05, 3.63) is 18.0 Å². The molecule has 126 valence electrons.